The van der Waals surface area contributed by atoms with E-state index >= 15 is 0 Å². The van der Waals surface area contributed by atoms with Crippen LogP contribution in [0.4, 0.5) is 5.69 Å². The lowest BCUT2D eigenvalue weighted by atomic mass is 10.0. The van der Waals surface area contributed by atoms with Crippen molar-refractivity contribution in [3.05, 3.63) is 23.8 Å². The van der Waals surface area contributed by atoms with Crippen LogP contribution < -0.4 is 10.1 Å². The quantitative estimate of drug-likeness (QED) is 0.904. The normalized spacial score (nSPS) is 16.7. The number of methoxy groups -OCH3 is 1. The molecule has 1 heterocycles. The zero-order chi connectivity index (χ0) is 15.2. The number of para-hydroxylation sites is 1. The molecule has 0 bridgehead atoms. The van der Waals surface area contributed by atoms with Crippen LogP contribution in [0, 0.1) is 17.2 Å². The maximum absolute atomic E-state index is 9.26. The molecule has 0 aromatic heterocycles. The summed E-state index contributed by atoms with van der Waals surface area (Å²) >= 11 is 0. The van der Waals surface area contributed by atoms with Gasteiger partial charge in [-0.2, -0.15) is 5.26 Å². The SMILES string of the molecule is COc1cccc(C#N)c1NC1CCN(CC(C)C)CC1. The van der Waals surface area contributed by atoms with E-state index < -0.39 is 0 Å². The zero-order valence-corrected chi connectivity index (χ0v) is 13.2. The molecule has 0 spiro atoms. The van der Waals surface area contributed by atoms with Crippen LogP contribution in [0.5, 0.6) is 5.75 Å². The van der Waals surface area contributed by atoms with Gasteiger partial charge in [-0.15, -0.1) is 0 Å². The van der Waals surface area contributed by atoms with E-state index in [1.807, 2.05) is 18.2 Å². The van der Waals surface area contributed by atoms with Gasteiger partial charge in [0.15, 0.2) is 0 Å². The lowest BCUT2D eigenvalue weighted by Crippen LogP contribution is -2.40. The minimum atomic E-state index is 0.414. The number of likely N-dealkylation sites (tertiary alicyclic amines) is 1. The maximum atomic E-state index is 9.26. The molecular weight excluding hydrogens is 262 g/mol. The van der Waals surface area contributed by atoms with E-state index in [0.717, 1.165) is 37.4 Å². The Kier molecular flexibility index (Phi) is 5.46. The molecule has 4 nitrogen and oxygen atoms in total. The average molecular weight is 287 g/mol. The van der Waals surface area contributed by atoms with Gasteiger partial charge in [-0.3, -0.25) is 0 Å². The van der Waals surface area contributed by atoms with Crippen molar-refractivity contribution in [3.8, 4) is 11.8 Å². The number of nitriles is 1. The molecule has 114 valence electrons. The molecule has 2 rings (SSSR count). The first-order valence-corrected chi connectivity index (χ1v) is 7.70. The van der Waals surface area contributed by atoms with Crippen LogP contribution >= 0.6 is 0 Å². The molecule has 0 aliphatic carbocycles. The molecule has 1 fully saturated rings. The minimum absolute atomic E-state index is 0.414. The Labute approximate surface area is 127 Å². The van der Waals surface area contributed by atoms with Crippen molar-refractivity contribution in [2.24, 2.45) is 5.92 Å². The van der Waals surface area contributed by atoms with E-state index in [2.05, 4.69) is 30.1 Å². The standard InChI is InChI=1S/C17H25N3O/c1-13(2)12-20-9-7-15(8-10-20)19-17-14(11-18)5-4-6-16(17)21-3/h4-6,13,15,19H,7-10,12H2,1-3H3. The van der Waals surface area contributed by atoms with Crippen molar-refractivity contribution in [1.29, 1.82) is 5.26 Å². The molecule has 1 aliphatic heterocycles. The number of benzene rings is 1. The number of nitrogens with one attached hydrogen (secondary N) is 1. The largest absolute Gasteiger partial charge is 0.495 e. The molecule has 0 unspecified atom stereocenters. The first-order valence-electron chi connectivity index (χ1n) is 7.70. The van der Waals surface area contributed by atoms with Crippen LogP contribution in [0.2, 0.25) is 0 Å². The maximum Gasteiger partial charge on any atom is 0.143 e. The third-order valence-electron chi connectivity index (χ3n) is 3.93. The van der Waals surface area contributed by atoms with Crippen molar-refractivity contribution >= 4 is 5.69 Å². The number of piperidine rings is 1. The van der Waals surface area contributed by atoms with Crippen molar-refractivity contribution in [3.63, 3.8) is 0 Å². The Balaban J connectivity index is 1.99. The summed E-state index contributed by atoms with van der Waals surface area (Å²) < 4.78 is 5.38. The van der Waals surface area contributed by atoms with Crippen LogP contribution in [0.3, 0.4) is 0 Å². The fourth-order valence-electron chi connectivity index (χ4n) is 2.92. The second kappa shape index (κ2) is 7.33. The van der Waals surface area contributed by atoms with Crippen LogP contribution in [-0.4, -0.2) is 37.7 Å². The first kappa shape index (κ1) is 15.7. The first-order chi connectivity index (χ1) is 10.1. The van der Waals surface area contributed by atoms with Gasteiger partial charge in [-0.1, -0.05) is 19.9 Å². The summed E-state index contributed by atoms with van der Waals surface area (Å²) in [6.45, 7) is 7.93. The summed E-state index contributed by atoms with van der Waals surface area (Å²) in [5.74, 6) is 1.47. The van der Waals surface area contributed by atoms with Gasteiger partial charge in [0.2, 0.25) is 0 Å². The lowest BCUT2D eigenvalue weighted by Gasteiger charge is -2.34. The van der Waals surface area contributed by atoms with Gasteiger partial charge in [0.25, 0.3) is 0 Å². The van der Waals surface area contributed by atoms with E-state index in [1.54, 1.807) is 7.11 Å². The molecule has 0 atom stereocenters. The smallest absolute Gasteiger partial charge is 0.143 e. The fraction of sp³-hybridized carbons (Fsp3) is 0.588. The van der Waals surface area contributed by atoms with Crippen LogP contribution in [0.15, 0.2) is 18.2 Å². The van der Waals surface area contributed by atoms with Crippen LogP contribution in [0.25, 0.3) is 0 Å². The highest BCUT2D eigenvalue weighted by Crippen LogP contribution is 2.30. The number of ether oxygens (including phenoxy) is 1. The lowest BCUT2D eigenvalue weighted by molar-refractivity contribution is 0.198. The third kappa shape index (κ3) is 4.12. The molecule has 1 aromatic rings. The van der Waals surface area contributed by atoms with Crippen LogP contribution in [0.1, 0.15) is 32.3 Å². The predicted octanol–water partition coefficient (Wildman–Crippen LogP) is 3.10. The Morgan fingerprint density at radius 2 is 2.10 bits per heavy atom. The molecule has 1 aliphatic rings. The van der Waals surface area contributed by atoms with Crippen molar-refractivity contribution in [2.45, 2.75) is 32.7 Å². The number of hydrogen-bond donors (Lipinski definition) is 1. The zero-order valence-electron chi connectivity index (χ0n) is 13.2. The minimum Gasteiger partial charge on any atom is -0.495 e. The molecule has 0 amide bonds. The summed E-state index contributed by atoms with van der Waals surface area (Å²) in [5, 5.41) is 12.8. The van der Waals surface area contributed by atoms with Crippen LogP contribution in [-0.2, 0) is 0 Å². The van der Waals surface area contributed by atoms with E-state index in [-0.39, 0.29) is 0 Å². The number of anilines is 1. The molecule has 1 aromatic carbocycles. The highest BCUT2D eigenvalue weighted by molar-refractivity contribution is 5.66. The van der Waals surface area contributed by atoms with E-state index in [1.165, 1.54) is 6.54 Å². The van der Waals surface area contributed by atoms with E-state index in [9.17, 15) is 5.26 Å². The Hall–Kier alpha value is -1.73. The molecule has 21 heavy (non-hydrogen) atoms. The average Bonchev–Trinajstić information content (AvgIpc) is 2.49. The summed E-state index contributed by atoms with van der Waals surface area (Å²) in [4.78, 5) is 2.52. The fourth-order valence-corrected chi connectivity index (χ4v) is 2.92. The monoisotopic (exact) mass is 287 g/mol. The number of rotatable bonds is 5. The number of nitrogens with zero attached hydrogens (tertiary/aromatic N) is 2. The summed E-state index contributed by atoms with van der Waals surface area (Å²) in [7, 11) is 1.65. The van der Waals surface area contributed by atoms with Crippen molar-refractivity contribution in [2.75, 3.05) is 32.1 Å². The highest BCUT2D eigenvalue weighted by atomic mass is 16.5. The van der Waals surface area contributed by atoms with Gasteiger partial charge in [-0.25, -0.2) is 0 Å². The second-order valence-electron chi connectivity index (χ2n) is 6.11. The summed E-state index contributed by atoms with van der Waals surface area (Å²) in [6, 6.07) is 8.24. The van der Waals surface area contributed by atoms with Gasteiger partial charge < -0.3 is 15.0 Å². The van der Waals surface area contributed by atoms with E-state index in [4.69, 9.17) is 4.74 Å². The van der Waals surface area contributed by atoms with Gasteiger partial charge in [0.1, 0.15) is 11.8 Å². The van der Waals surface area contributed by atoms with E-state index in [0.29, 0.717) is 17.5 Å². The summed E-state index contributed by atoms with van der Waals surface area (Å²) in [5.41, 5.74) is 1.49. The molecule has 4 heteroatoms. The topological polar surface area (TPSA) is 48.3 Å². The molecule has 0 saturated carbocycles. The van der Waals surface area contributed by atoms with Gasteiger partial charge in [0, 0.05) is 25.7 Å². The van der Waals surface area contributed by atoms with Gasteiger partial charge in [-0.05, 0) is 30.9 Å². The Bertz CT molecular complexity index is 499. The second-order valence-corrected chi connectivity index (χ2v) is 6.11. The van der Waals surface area contributed by atoms with Crippen molar-refractivity contribution < 1.29 is 4.74 Å². The van der Waals surface area contributed by atoms with Crippen molar-refractivity contribution in [1.82, 2.24) is 4.90 Å². The predicted molar refractivity (Wildman–Crippen MR) is 85.6 cm³/mol. The molecule has 1 N–H and O–H groups in total. The van der Waals surface area contributed by atoms with Gasteiger partial charge >= 0.3 is 0 Å². The Morgan fingerprint density at radius 3 is 2.67 bits per heavy atom. The Morgan fingerprint density at radius 1 is 1.38 bits per heavy atom. The van der Waals surface area contributed by atoms with Gasteiger partial charge in [0.05, 0.1) is 18.4 Å². The molecular formula is C17H25N3O. The molecule has 1 saturated heterocycles. The highest BCUT2D eigenvalue weighted by Gasteiger charge is 2.21. The molecule has 0 radical (unpaired) electrons. The third-order valence-corrected chi connectivity index (χ3v) is 3.93. The summed E-state index contributed by atoms with van der Waals surface area (Å²) in [6.07, 6.45) is 2.21. The number of hydrogen-bond acceptors (Lipinski definition) is 4.